The van der Waals surface area contributed by atoms with Crippen molar-refractivity contribution < 1.29 is 38.8 Å². The quantitative estimate of drug-likeness (QED) is 0.542. The number of carbonyl (C=O) groups is 4. The van der Waals surface area contributed by atoms with Gasteiger partial charge in [-0.1, -0.05) is 0 Å². The maximum Gasteiger partial charge on any atom is 0.339 e. The first-order valence-electron chi connectivity index (χ1n) is 3.81. The number of carboxylic acid groups (broad SMARTS) is 3. The molecule has 0 aliphatic carbocycles. The standard InChI is InChI=1S/C7H7ClO8/c8-16-7(15)4(6(13)14)2(5(11)12)1-3(9)10/h2,4H,1H2,(H,9,10)(H,11,12)(H,13,14). The SMILES string of the molecule is O=C(O)CC(C(=O)O)C(C(=O)O)C(=O)OCl. The molecule has 0 aromatic rings. The van der Waals surface area contributed by atoms with Crippen molar-refractivity contribution >= 4 is 35.7 Å². The minimum atomic E-state index is -2.16. The van der Waals surface area contributed by atoms with Gasteiger partial charge < -0.3 is 19.6 Å². The topological polar surface area (TPSA) is 138 Å². The Morgan fingerprint density at radius 1 is 1.06 bits per heavy atom. The molecule has 0 saturated heterocycles. The van der Waals surface area contributed by atoms with Gasteiger partial charge >= 0.3 is 23.9 Å². The number of carboxylic acids is 3. The van der Waals surface area contributed by atoms with E-state index in [1.54, 1.807) is 0 Å². The van der Waals surface area contributed by atoms with Crippen molar-refractivity contribution in [3.8, 4) is 0 Å². The molecule has 0 spiro atoms. The molecular weight excluding hydrogens is 248 g/mol. The molecule has 0 amide bonds. The fourth-order valence-electron chi connectivity index (χ4n) is 1.02. The first-order chi connectivity index (χ1) is 7.31. The van der Waals surface area contributed by atoms with Gasteiger partial charge in [0, 0.05) is 0 Å². The number of carbonyl (C=O) groups excluding carboxylic acids is 1. The summed E-state index contributed by atoms with van der Waals surface area (Å²) in [5, 5.41) is 25.6. The van der Waals surface area contributed by atoms with E-state index in [1.807, 2.05) is 0 Å². The molecule has 90 valence electrons. The summed E-state index contributed by atoms with van der Waals surface area (Å²) in [6.45, 7) is 0. The van der Waals surface area contributed by atoms with E-state index in [0.717, 1.165) is 0 Å². The van der Waals surface area contributed by atoms with E-state index >= 15 is 0 Å². The van der Waals surface area contributed by atoms with E-state index in [0.29, 0.717) is 0 Å². The van der Waals surface area contributed by atoms with Crippen molar-refractivity contribution in [3.05, 3.63) is 0 Å². The zero-order chi connectivity index (χ0) is 12.9. The highest BCUT2D eigenvalue weighted by atomic mass is 35.5. The Labute approximate surface area is 93.5 Å². The molecule has 0 aliphatic rings. The van der Waals surface area contributed by atoms with Crippen molar-refractivity contribution in [1.82, 2.24) is 0 Å². The van der Waals surface area contributed by atoms with Crippen LogP contribution in [0.25, 0.3) is 0 Å². The lowest BCUT2D eigenvalue weighted by molar-refractivity contribution is -0.164. The average Bonchev–Trinajstić information content (AvgIpc) is 2.14. The highest BCUT2D eigenvalue weighted by Crippen LogP contribution is 2.19. The summed E-state index contributed by atoms with van der Waals surface area (Å²) >= 11 is 4.62. The molecule has 2 atom stereocenters. The van der Waals surface area contributed by atoms with Crippen LogP contribution in [0.4, 0.5) is 0 Å². The average molecular weight is 255 g/mol. The van der Waals surface area contributed by atoms with Gasteiger partial charge in [-0.25, -0.2) is 4.79 Å². The Bertz CT molecular complexity index is 324. The predicted molar refractivity (Wildman–Crippen MR) is 46.4 cm³/mol. The fourth-order valence-corrected chi connectivity index (χ4v) is 1.12. The van der Waals surface area contributed by atoms with E-state index in [1.165, 1.54) is 0 Å². The molecule has 0 aliphatic heterocycles. The van der Waals surface area contributed by atoms with Gasteiger partial charge in [0.25, 0.3) is 0 Å². The van der Waals surface area contributed by atoms with Crippen LogP contribution in [-0.4, -0.2) is 39.2 Å². The van der Waals surface area contributed by atoms with Crippen LogP contribution in [0.2, 0.25) is 0 Å². The monoisotopic (exact) mass is 254 g/mol. The summed E-state index contributed by atoms with van der Waals surface area (Å²) in [5.74, 6) is -10.7. The molecule has 0 fully saturated rings. The fraction of sp³-hybridized carbons (Fsp3) is 0.429. The molecule has 0 heterocycles. The Morgan fingerprint density at radius 3 is 1.81 bits per heavy atom. The molecule has 0 saturated carbocycles. The highest BCUT2D eigenvalue weighted by molar-refractivity contribution is 6.15. The number of halogens is 1. The predicted octanol–water partition coefficient (Wildman–Crippen LogP) is -0.440. The molecule has 0 aromatic carbocycles. The second-order valence-corrected chi connectivity index (χ2v) is 2.91. The molecule has 8 nitrogen and oxygen atoms in total. The molecule has 0 rings (SSSR count). The van der Waals surface area contributed by atoms with Gasteiger partial charge in [-0.3, -0.25) is 14.4 Å². The van der Waals surface area contributed by atoms with Crippen LogP contribution in [0.15, 0.2) is 0 Å². The van der Waals surface area contributed by atoms with Gasteiger partial charge in [-0.05, 0) is 0 Å². The number of rotatable bonds is 6. The van der Waals surface area contributed by atoms with Gasteiger partial charge in [0.1, 0.15) is 11.9 Å². The molecule has 0 radical (unpaired) electrons. The minimum absolute atomic E-state index is 1.03. The summed E-state index contributed by atoms with van der Waals surface area (Å²) in [6.07, 6.45) is -1.03. The molecule has 0 bridgehead atoms. The van der Waals surface area contributed by atoms with Crippen LogP contribution < -0.4 is 0 Å². The third kappa shape index (κ3) is 3.73. The van der Waals surface area contributed by atoms with Crippen LogP contribution in [0.1, 0.15) is 6.42 Å². The van der Waals surface area contributed by atoms with Crippen molar-refractivity contribution in [2.24, 2.45) is 11.8 Å². The molecule has 9 heteroatoms. The number of hydrogen-bond acceptors (Lipinski definition) is 5. The van der Waals surface area contributed by atoms with Crippen LogP contribution in [0.5, 0.6) is 0 Å². The largest absolute Gasteiger partial charge is 0.481 e. The first kappa shape index (κ1) is 14.2. The molecule has 3 N–H and O–H groups in total. The van der Waals surface area contributed by atoms with Crippen molar-refractivity contribution in [2.45, 2.75) is 6.42 Å². The van der Waals surface area contributed by atoms with E-state index in [2.05, 4.69) is 16.2 Å². The van der Waals surface area contributed by atoms with Gasteiger partial charge in [-0.2, -0.15) is 0 Å². The van der Waals surface area contributed by atoms with Gasteiger partial charge in [0.2, 0.25) is 0 Å². The van der Waals surface area contributed by atoms with Crippen LogP contribution in [0, 0.1) is 11.8 Å². The second kappa shape index (κ2) is 5.91. The van der Waals surface area contributed by atoms with Crippen LogP contribution in [0.3, 0.4) is 0 Å². The maximum absolute atomic E-state index is 10.9. The number of hydrogen-bond donors (Lipinski definition) is 3. The summed E-state index contributed by atoms with van der Waals surface area (Å²) in [5.41, 5.74) is 0. The zero-order valence-corrected chi connectivity index (χ0v) is 8.38. The summed E-state index contributed by atoms with van der Waals surface area (Å²) < 4.78 is 3.58. The minimum Gasteiger partial charge on any atom is -0.481 e. The van der Waals surface area contributed by atoms with Crippen LogP contribution in [-0.2, 0) is 23.5 Å². The third-order valence-corrected chi connectivity index (χ3v) is 1.86. The lowest BCUT2D eigenvalue weighted by Crippen LogP contribution is -2.37. The Kier molecular flexibility index (Phi) is 5.23. The van der Waals surface area contributed by atoms with Gasteiger partial charge in [0.15, 0.2) is 5.92 Å². The van der Waals surface area contributed by atoms with E-state index in [4.69, 9.17) is 15.3 Å². The second-order valence-electron chi connectivity index (χ2n) is 2.75. The molecular formula is C7H7ClO8. The lowest BCUT2D eigenvalue weighted by atomic mass is 9.89. The van der Waals surface area contributed by atoms with E-state index in [-0.39, 0.29) is 0 Å². The summed E-state index contributed by atoms with van der Waals surface area (Å²) in [7, 11) is 0. The van der Waals surface area contributed by atoms with Crippen molar-refractivity contribution in [3.63, 3.8) is 0 Å². The maximum atomic E-state index is 10.9. The van der Waals surface area contributed by atoms with Crippen LogP contribution >= 0.6 is 11.9 Å². The molecule has 16 heavy (non-hydrogen) atoms. The summed E-state index contributed by atoms with van der Waals surface area (Å²) in [4.78, 5) is 42.4. The normalized spacial score (nSPS) is 13.6. The Morgan fingerprint density at radius 2 is 1.56 bits per heavy atom. The van der Waals surface area contributed by atoms with Crippen molar-refractivity contribution in [1.29, 1.82) is 0 Å². The molecule has 0 aromatic heterocycles. The van der Waals surface area contributed by atoms with E-state index in [9.17, 15) is 19.2 Å². The Balaban J connectivity index is 5.10. The number of aliphatic carboxylic acids is 3. The third-order valence-electron chi connectivity index (χ3n) is 1.71. The van der Waals surface area contributed by atoms with Gasteiger partial charge in [-0.15, -0.1) is 0 Å². The summed E-state index contributed by atoms with van der Waals surface area (Å²) in [6, 6.07) is 0. The smallest absolute Gasteiger partial charge is 0.339 e. The zero-order valence-electron chi connectivity index (χ0n) is 7.62. The van der Waals surface area contributed by atoms with E-state index < -0.39 is 42.1 Å². The first-order valence-corrected chi connectivity index (χ1v) is 4.12. The van der Waals surface area contributed by atoms with Crippen molar-refractivity contribution in [2.75, 3.05) is 0 Å². The molecule has 2 unspecified atom stereocenters. The lowest BCUT2D eigenvalue weighted by Gasteiger charge is -2.15. The highest BCUT2D eigenvalue weighted by Gasteiger charge is 2.42. The van der Waals surface area contributed by atoms with Gasteiger partial charge in [0.05, 0.1) is 12.3 Å². The Hall–Kier alpha value is -1.83.